The van der Waals surface area contributed by atoms with Crippen molar-refractivity contribution in [1.82, 2.24) is 5.32 Å². The van der Waals surface area contributed by atoms with Crippen LogP contribution >= 0.6 is 0 Å². The van der Waals surface area contributed by atoms with Gasteiger partial charge >= 0.3 is 11.9 Å². The van der Waals surface area contributed by atoms with Gasteiger partial charge in [-0.05, 0) is 18.8 Å². The SMILES string of the molecule is CC(C)C(N)C(=O)N[C@H](CCCC(=O)O)C(=O)O. The average molecular weight is 260 g/mol. The van der Waals surface area contributed by atoms with Gasteiger partial charge in [-0.1, -0.05) is 13.8 Å². The molecular weight excluding hydrogens is 240 g/mol. The molecule has 0 bridgehead atoms. The smallest absolute Gasteiger partial charge is 0.326 e. The summed E-state index contributed by atoms with van der Waals surface area (Å²) in [6.07, 6.45) is 0.123. The lowest BCUT2D eigenvalue weighted by Gasteiger charge is -2.19. The molecule has 0 fully saturated rings. The molecule has 1 unspecified atom stereocenters. The molecule has 0 aromatic rings. The van der Waals surface area contributed by atoms with Crippen LogP contribution in [0.25, 0.3) is 0 Å². The maximum Gasteiger partial charge on any atom is 0.326 e. The zero-order valence-corrected chi connectivity index (χ0v) is 10.5. The number of rotatable bonds is 8. The highest BCUT2D eigenvalue weighted by atomic mass is 16.4. The van der Waals surface area contributed by atoms with Crippen LogP contribution < -0.4 is 11.1 Å². The molecule has 104 valence electrons. The summed E-state index contributed by atoms with van der Waals surface area (Å²) in [5.74, 6) is -2.82. The second-order valence-electron chi connectivity index (χ2n) is 4.46. The van der Waals surface area contributed by atoms with Crippen LogP contribution in [0.1, 0.15) is 33.1 Å². The Morgan fingerprint density at radius 1 is 1.22 bits per heavy atom. The van der Waals surface area contributed by atoms with Crippen molar-refractivity contribution in [2.75, 3.05) is 0 Å². The van der Waals surface area contributed by atoms with Crippen LogP contribution in [0.3, 0.4) is 0 Å². The Bertz CT molecular complexity index is 317. The highest BCUT2D eigenvalue weighted by molar-refractivity contribution is 5.86. The molecule has 0 aromatic carbocycles. The number of carbonyl (C=O) groups excluding carboxylic acids is 1. The summed E-state index contributed by atoms with van der Waals surface area (Å²) in [5.41, 5.74) is 5.59. The summed E-state index contributed by atoms with van der Waals surface area (Å²) in [6.45, 7) is 3.51. The van der Waals surface area contributed by atoms with Gasteiger partial charge in [-0.25, -0.2) is 4.79 Å². The molecule has 2 atom stereocenters. The molecule has 0 spiro atoms. The Kier molecular flexibility index (Phi) is 6.96. The van der Waals surface area contributed by atoms with Crippen LogP contribution in [0.4, 0.5) is 0 Å². The van der Waals surface area contributed by atoms with Gasteiger partial charge in [-0.15, -0.1) is 0 Å². The van der Waals surface area contributed by atoms with E-state index in [0.29, 0.717) is 0 Å². The van der Waals surface area contributed by atoms with Crippen LogP contribution in [0.5, 0.6) is 0 Å². The third-order valence-corrected chi connectivity index (χ3v) is 2.52. The first kappa shape index (κ1) is 16.4. The van der Waals surface area contributed by atoms with Crippen molar-refractivity contribution < 1.29 is 24.6 Å². The molecule has 0 aliphatic rings. The van der Waals surface area contributed by atoms with E-state index in [0.717, 1.165) is 0 Å². The molecule has 0 aliphatic carbocycles. The fourth-order valence-electron chi connectivity index (χ4n) is 1.29. The Morgan fingerprint density at radius 3 is 2.17 bits per heavy atom. The highest BCUT2D eigenvalue weighted by Gasteiger charge is 2.24. The lowest BCUT2D eigenvalue weighted by molar-refractivity contribution is -0.143. The molecule has 0 aliphatic heterocycles. The van der Waals surface area contributed by atoms with E-state index < -0.39 is 29.9 Å². The lowest BCUT2D eigenvalue weighted by atomic mass is 10.0. The van der Waals surface area contributed by atoms with Crippen LogP contribution in [0.2, 0.25) is 0 Å². The highest BCUT2D eigenvalue weighted by Crippen LogP contribution is 2.04. The lowest BCUT2D eigenvalue weighted by Crippen LogP contribution is -2.50. The van der Waals surface area contributed by atoms with E-state index in [1.165, 1.54) is 0 Å². The predicted octanol–water partition coefficient (Wildman–Crippen LogP) is -0.206. The summed E-state index contributed by atoms with van der Waals surface area (Å²) >= 11 is 0. The van der Waals surface area contributed by atoms with E-state index in [2.05, 4.69) is 5.32 Å². The van der Waals surface area contributed by atoms with Gasteiger partial charge in [0, 0.05) is 6.42 Å². The second-order valence-corrected chi connectivity index (χ2v) is 4.46. The summed E-state index contributed by atoms with van der Waals surface area (Å²) in [4.78, 5) is 32.8. The van der Waals surface area contributed by atoms with Crippen molar-refractivity contribution in [2.45, 2.75) is 45.2 Å². The van der Waals surface area contributed by atoms with Gasteiger partial charge in [0.2, 0.25) is 5.91 Å². The van der Waals surface area contributed by atoms with Crippen molar-refractivity contribution >= 4 is 17.8 Å². The molecular formula is C11H20N2O5. The molecule has 0 rings (SSSR count). The van der Waals surface area contributed by atoms with Gasteiger partial charge < -0.3 is 21.3 Å². The first-order chi connectivity index (χ1) is 8.25. The Balaban J connectivity index is 4.31. The van der Waals surface area contributed by atoms with E-state index in [1.807, 2.05) is 0 Å². The summed E-state index contributed by atoms with van der Waals surface area (Å²) in [5, 5.41) is 19.7. The number of nitrogens with one attached hydrogen (secondary N) is 1. The van der Waals surface area contributed by atoms with Crippen molar-refractivity contribution in [2.24, 2.45) is 11.7 Å². The van der Waals surface area contributed by atoms with E-state index in [1.54, 1.807) is 13.8 Å². The predicted molar refractivity (Wildman–Crippen MR) is 63.9 cm³/mol. The van der Waals surface area contributed by atoms with Crippen LogP contribution in [0.15, 0.2) is 0 Å². The largest absolute Gasteiger partial charge is 0.481 e. The van der Waals surface area contributed by atoms with Crippen LogP contribution in [-0.4, -0.2) is 40.1 Å². The maximum atomic E-state index is 11.6. The molecule has 0 saturated heterocycles. The summed E-state index contributed by atoms with van der Waals surface area (Å²) < 4.78 is 0. The minimum Gasteiger partial charge on any atom is -0.481 e. The van der Waals surface area contributed by atoms with Gasteiger partial charge in [0.05, 0.1) is 6.04 Å². The zero-order valence-electron chi connectivity index (χ0n) is 10.5. The number of carboxylic acid groups (broad SMARTS) is 2. The van der Waals surface area contributed by atoms with E-state index in [-0.39, 0.29) is 25.2 Å². The second kappa shape index (κ2) is 7.65. The third kappa shape index (κ3) is 6.19. The summed E-state index contributed by atoms with van der Waals surface area (Å²) in [7, 11) is 0. The van der Waals surface area contributed by atoms with Crippen molar-refractivity contribution in [3.8, 4) is 0 Å². The van der Waals surface area contributed by atoms with E-state index >= 15 is 0 Å². The number of carboxylic acids is 2. The minimum absolute atomic E-state index is 0.0676. The standard InChI is InChI=1S/C11H20N2O5/c1-6(2)9(12)10(16)13-7(11(17)18)4-3-5-8(14)15/h6-7,9H,3-5,12H2,1-2H3,(H,13,16)(H,14,15)(H,17,18)/t7-,9?/m1/s1. The molecule has 7 nitrogen and oxygen atoms in total. The molecule has 0 aromatic heterocycles. The van der Waals surface area contributed by atoms with Crippen molar-refractivity contribution in [3.05, 3.63) is 0 Å². The van der Waals surface area contributed by atoms with Crippen LogP contribution in [0, 0.1) is 5.92 Å². The maximum absolute atomic E-state index is 11.6. The molecule has 0 radical (unpaired) electrons. The Hall–Kier alpha value is -1.63. The fraction of sp³-hybridized carbons (Fsp3) is 0.727. The minimum atomic E-state index is -1.19. The number of aliphatic carboxylic acids is 2. The molecule has 18 heavy (non-hydrogen) atoms. The fourth-order valence-corrected chi connectivity index (χ4v) is 1.29. The van der Waals surface area contributed by atoms with Gasteiger partial charge in [0.25, 0.3) is 0 Å². The molecule has 0 heterocycles. The van der Waals surface area contributed by atoms with E-state index in [4.69, 9.17) is 15.9 Å². The van der Waals surface area contributed by atoms with Gasteiger partial charge in [-0.3, -0.25) is 9.59 Å². The summed E-state index contributed by atoms with van der Waals surface area (Å²) in [6, 6.07) is -1.87. The monoisotopic (exact) mass is 260 g/mol. The van der Waals surface area contributed by atoms with E-state index in [9.17, 15) is 14.4 Å². The van der Waals surface area contributed by atoms with Crippen LogP contribution in [-0.2, 0) is 14.4 Å². The average Bonchev–Trinajstić information content (AvgIpc) is 2.25. The third-order valence-electron chi connectivity index (χ3n) is 2.52. The van der Waals surface area contributed by atoms with Gasteiger partial charge in [0.15, 0.2) is 0 Å². The number of hydrogen-bond donors (Lipinski definition) is 4. The Labute approximate surface area is 105 Å². The first-order valence-electron chi connectivity index (χ1n) is 5.76. The molecule has 7 heteroatoms. The van der Waals surface area contributed by atoms with Gasteiger partial charge in [0.1, 0.15) is 6.04 Å². The number of nitrogens with two attached hydrogens (primary N) is 1. The van der Waals surface area contributed by atoms with Crippen molar-refractivity contribution in [3.63, 3.8) is 0 Å². The molecule has 1 amide bonds. The quantitative estimate of drug-likeness (QED) is 0.478. The first-order valence-corrected chi connectivity index (χ1v) is 5.76. The number of hydrogen-bond acceptors (Lipinski definition) is 4. The van der Waals surface area contributed by atoms with Crippen molar-refractivity contribution in [1.29, 1.82) is 0 Å². The molecule has 0 saturated carbocycles. The zero-order chi connectivity index (χ0) is 14.3. The number of carbonyl (C=O) groups is 3. The number of amides is 1. The normalized spacial score (nSPS) is 14.0. The van der Waals surface area contributed by atoms with Gasteiger partial charge in [-0.2, -0.15) is 0 Å². The topological polar surface area (TPSA) is 130 Å². The Morgan fingerprint density at radius 2 is 1.78 bits per heavy atom. The molecule has 5 N–H and O–H groups in total.